The van der Waals surface area contributed by atoms with E-state index < -0.39 is 34.7 Å². The second-order valence-corrected chi connectivity index (χ2v) is 8.07. The fourth-order valence-corrected chi connectivity index (χ4v) is 4.64. The van der Waals surface area contributed by atoms with Gasteiger partial charge in [0.2, 0.25) is 0 Å². The van der Waals surface area contributed by atoms with Gasteiger partial charge in [-0.25, -0.2) is 14.2 Å². The molecule has 9 heteroatoms. The van der Waals surface area contributed by atoms with Crippen molar-refractivity contribution in [3.63, 3.8) is 0 Å². The van der Waals surface area contributed by atoms with E-state index in [1.54, 1.807) is 19.9 Å². The molecule has 5 rings (SSSR count). The number of aromatic hydroxyl groups is 1. The van der Waals surface area contributed by atoms with Crippen LogP contribution < -0.4 is 11.3 Å². The Morgan fingerprint density at radius 1 is 1.32 bits per heavy atom. The maximum atomic E-state index is 14.0. The summed E-state index contributed by atoms with van der Waals surface area (Å²) in [5, 5.41) is 21.3. The summed E-state index contributed by atoms with van der Waals surface area (Å²) in [7, 11) is 0. The van der Waals surface area contributed by atoms with Crippen molar-refractivity contribution in [3.05, 3.63) is 56.6 Å². The minimum atomic E-state index is -1.93. The smallest absolute Gasteiger partial charge is 0.343 e. The predicted octanol–water partition coefficient (Wildman–Crippen LogP) is 1.94. The van der Waals surface area contributed by atoms with Crippen LogP contribution in [0.4, 0.5) is 4.39 Å². The number of phenolic OH excluding ortho intramolecular Hbond substituents is 1. The lowest BCUT2D eigenvalue weighted by Crippen LogP contribution is -2.44. The van der Waals surface area contributed by atoms with E-state index in [1.165, 1.54) is 10.6 Å². The lowest BCUT2D eigenvalue weighted by molar-refractivity contribution is -0.172. The molecule has 160 valence electrons. The van der Waals surface area contributed by atoms with Crippen molar-refractivity contribution in [3.8, 4) is 17.1 Å². The van der Waals surface area contributed by atoms with Crippen LogP contribution in [0.1, 0.15) is 48.6 Å². The number of fused-ring (bicyclic) bond motifs is 5. The van der Waals surface area contributed by atoms with Crippen molar-refractivity contribution in [2.24, 2.45) is 5.73 Å². The van der Waals surface area contributed by atoms with E-state index in [1.807, 2.05) is 0 Å². The molecule has 0 amide bonds. The van der Waals surface area contributed by atoms with Gasteiger partial charge in [-0.15, -0.1) is 0 Å². The van der Waals surface area contributed by atoms with Crippen LogP contribution in [-0.4, -0.2) is 25.7 Å². The number of aliphatic hydroxyl groups is 1. The fraction of sp³-hybridized carbons (Fsp3) is 0.318. The van der Waals surface area contributed by atoms with Crippen LogP contribution in [0.15, 0.2) is 23.0 Å². The SMILES string of the molecule is CC[C@@]1(O)C(=O)OCc2c1cc1n(c2=O)Cc2c-1nc1cc(F)c(O)cc1c2[C@@H](C)N. The first-order valence-electron chi connectivity index (χ1n) is 9.95. The average molecular weight is 425 g/mol. The molecule has 8 nitrogen and oxygen atoms in total. The third-order valence-corrected chi connectivity index (χ3v) is 6.26. The van der Waals surface area contributed by atoms with Gasteiger partial charge < -0.3 is 25.3 Å². The van der Waals surface area contributed by atoms with Crippen molar-refractivity contribution in [2.45, 2.75) is 45.1 Å². The summed E-state index contributed by atoms with van der Waals surface area (Å²) in [5.74, 6) is -2.13. The van der Waals surface area contributed by atoms with E-state index in [0.717, 1.165) is 6.07 Å². The number of hydrogen-bond acceptors (Lipinski definition) is 7. The van der Waals surface area contributed by atoms with E-state index in [0.29, 0.717) is 27.9 Å². The predicted molar refractivity (Wildman–Crippen MR) is 109 cm³/mol. The minimum Gasteiger partial charge on any atom is -0.505 e. The number of halogens is 1. The summed E-state index contributed by atoms with van der Waals surface area (Å²) >= 11 is 0. The Morgan fingerprint density at radius 2 is 2.06 bits per heavy atom. The summed E-state index contributed by atoms with van der Waals surface area (Å²) in [5.41, 5.74) is 6.79. The molecule has 2 aromatic heterocycles. The number of esters is 1. The molecule has 31 heavy (non-hydrogen) atoms. The molecule has 0 aliphatic carbocycles. The van der Waals surface area contributed by atoms with Crippen LogP contribution in [-0.2, 0) is 28.3 Å². The Morgan fingerprint density at radius 3 is 2.74 bits per heavy atom. The van der Waals surface area contributed by atoms with Gasteiger partial charge in [0.05, 0.1) is 29.0 Å². The van der Waals surface area contributed by atoms with Gasteiger partial charge in [-0.1, -0.05) is 6.92 Å². The molecule has 0 saturated carbocycles. The maximum Gasteiger partial charge on any atom is 0.343 e. The Bertz CT molecular complexity index is 1360. The molecule has 2 atom stereocenters. The highest BCUT2D eigenvalue weighted by Gasteiger charge is 2.45. The normalized spacial score (nSPS) is 20.2. The number of aromatic nitrogens is 2. The number of pyridine rings is 2. The molecule has 2 aliphatic heterocycles. The molecule has 0 radical (unpaired) electrons. The van der Waals surface area contributed by atoms with Crippen LogP contribution >= 0.6 is 0 Å². The number of rotatable bonds is 2. The number of benzene rings is 1. The van der Waals surface area contributed by atoms with Crippen molar-refractivity contribution in [2.75, 3.05) is 0 Å². The second kappa shape index (κ2) is 6.35. The highest BCUT2D eigenvalue weighted by molar-refractivity contribution is 5.90. The number of nitrogens with zero attached hydrogens (tertiary/aromatic N) is 2. The van der Waals surface area contributed by atoms with E-state index in [2.05, 4.69) is 4.98 Å². The lowest BCUT2D eigenvalue weighted by atomic mass is 9.86. The molecule has 1 aromatic carbocycles. The summed E-state index contributed by atoms with van der Waals surface area (Å²) < 4.78 is 20.6. The first-order valence-corrected chi connectivity index (χ1v) is 9.95. The van der Waals surface area contributed by atoms with Crippen molar-refractivity contribution in [1.29, 1.82) is 0 Å². The quantitative estimate of drug-likeness (QED) is 0.419. The standard InChI is InChI=1S/C22H20FN3O5/c1-3-22(30)13-5-16-19-11(7-26(16)20(28)12(13)8-31-21(22)29)18(9(2)24)10-4-17(27)14(23)6-15(10)25-19/h4-6,9,27,30H,3,7-8,24H2,1-2H3/t9-,22+/m1/s1. The molecule has 0 unspecified atom stereocenters. The van der Waals surface area contributed by atoms with Gasteiger partial charge in [0.1, 0.15) is 6.61 Å². The number of carbonyl (C=O) groups is 1. The molecular weight excluding hydrogens is 405 g/mol. The number of cyclic esters (lactones) is 1. The number of carbonyl (C=O) groups excluding carboxylic acids is 1. The topological polar surface area (TPSA) is 128 Å². The summed E-state index contributed by atoms with van der Waals surface area (Å²) in [6, 6.07) is 3.51. The Labute approximate surface area is 175 Å². The van der Waals surface area contributed by atoms with Crippen LogP contribution in [0.25, 0.3) is 22.3 Å². The molecule has 0 saturated heterocycles. The third kappa shape index (κ3) is 2.50. The molecular formula is C22H20FN3O5. The van der Waals surface area contributed by atoms with Gasteiger partial charge in [0.25, 0.3) is 5.56 Å². The molecule has 4 N–H and O–H groups in total. The molecule has 4 heterocycles. The lowest BCUT2D eigenvalue weighted by Gasteiger charge is -2.31. The number of hydrogen-bond donors (Lipinski definition) is 3. The zero-order chi connectivity index (χ0) is 22.2. The van der Waals surface area contributed by atoms with Crippen LogP contribution in [0.3, 0.4) is 0 Å². The van der Waals surface area contributed by atoms with Crippen molar-refractivity contribution < 1.29 is 24.1 Å². The van der Waals surface area contributed by atoms with Gasteiger partial charge in [0, 0.05) is 28.6 Å². The van der Waals surface area contributed by atoms with Gasteiger partial charge in [-0.2, -0.15) is 0 Å². The Balaban J connectivity index is 1.86. The third-order valence-electron chi connectivity index (χ3n) is 6.26. The second-order valence-electron chi connectivity index (χ2n) is 8.07. The molecule has 3 aromatic rings. The maximum absolute atomic E-state index is 14.0. The van der Waals surface area contributed by atoms with E-state index in [4.69, 9.17) is 10.5 Å². The Kier molecular flexibility index (Phi) is 4.03. The van der Waals surface area contributed by atoms with Gasteiger partial charge in [-0.3, -0.25) is 4.79 Å². The van der Waals surface area contributed by atoms with E-state index in [-0.39, 0.29) is 36.2 Å². The van der Waals surface area contributed by atoms with E-state index in [9.17, 15) is 24.2 Å². The molecule has 0 fully saturated rings. The first kappa shape index (κ1) is 19.7. The molecule has 2 aliphatic rings. The monoisotopic (exact) mass is 425 g/mol. The minimum absolute atomic E-state index is 0.0370. The molecule has 0 spiro atoms. The van der Waals surface area contributed by atoms with Crippen LogP contribution in [0.5, 0.6) is 5.75 Å². The highest BCUT2D eigenvalue weighted by Crippen LogP contribution is 2.42. The summed E-state index contributed by atoms with van der Waals surface area (Å²) in [4.78, 5) is 30.1. The number of ether oxygens (including phenoxy) is 1. The zero-order valence-electron chi connectivity index (χ0n) is 16.9. The van der Waals surface area contributed by atoms with Crippen molar-refractivity contribution >= 4 is 16.9 Å². The summed E-state index contributed by atoms with van der Waals surface area (Å²) in [6.45, 7) is 3.34. The van der Waals surface area contributed by atoms with Gasteiger partial charge in [-0.05, 0) is 31.0 Å². The van der Waals surface area contributed by atoms with Gasteiger partial charge in [0.15, 0.2) is 17.2 Å². The molecule has 0 bridgehead atoms. The first-order chi connectivity index (χ1) is 14.7. The van der Waals surface area contributed by atoms with Crippen molar-refractivity contribution in [1.82, 2.24) is 9.55 Å². The zero-order valence-corrected chi connectivity index (χ0v) is 16.9. The number of phenols is 1. The largest absolute Gasteiger partial charge is 0.505 e. The Hall–Kier alpha value is -3.30. The highest BCUT2D eigenvalue weighted by atomic mass is 19.1. The summed E-state index contributed by atoms with van der Waals surface area (Å²) in [6.07, 6.45) is 0.0370. The van der Waals surface area contributed by atoms with E-state index >= 15 is 0 Å². The average Bonchev–Trinajstić information content (AvgIpc) is 3.08. The van der Waals surface area contributed by atoms with Crippen LogP contribution in [0.2, 0.25) is 0 Å². The van der Waals surface area contributed by atoms with Crippen LogP contribution in [0, 0.1) is 5.82 Å². The van der Waals surface area contributed by atoms with Gasteiger partial charge >= 0.3 is 5.97 Å². The number of nitrogens with two attached hydrogens (primary N) is 1. The fourth-order valence-electron chi connectivity index (χ4n) is 4.64.